The largest absolute Gasteiger partial charge is 0.298 e. The van der Waals surface area contributed by atoms with Crippen LogP contribution in [-0.4, -0.2) is 17.3 Å². The molecule has 0 saturated carbocycles. The van der Waals surface area contributed by atoms with Gasteiger partial charge >= 0.3 is 0 Å². The summed E-state index contributed by atoms with van der Waals surface area (Å²) in [5, 5.41) is 0. The quantitative estimate of drug-likeness (QED) is 0.0635. The molecule has 0 amide bonds. The number of benzene rings is 18. The van der Waals surface area contributed by atoms with E-state index in [1.165, 1.54) is 156 Å². The Labute approximate surface area is 889 Å². The monoisotopic (exact) mass is 2000 g/mol. The first-order valence-electron chi connectivity index (χ1n) is 51.0. The second-order valence-corrected chi connectivity index (χ2v) is 41.2. The molecule has 18 aromatic carbocycles. The Hall–Kier alpha value is -15.5. The Balaban J connectivity index is 0.000000172. The zero-order valence-corrected chi connectivity index (χ0v) is 91.6. The van der Waals surface area contributed by atoms with E-state index in [1.54, 1.807) is 54.6 Å². The highest BCUT2D eigenvalue weighted by atomic mass is 19.3. The highest BCUT2D eigenvalue weighted by molar-refractivity contribution is 6.10. The third kappa shape index (κ3) is 33.8. The van der Waals surface area contributed by atoms with Crippen molar-refractivity contribution in [2.24, 2.45) is 0 Å². The van der Waals surface area contributed by atoms with Crippen molar-refractivity contribution in [2.45, 2.75) is 200 Å². The molecular weight excluding hydrogens is 1860 g/mol. The van der Waals surface area contributed by atoms with Crippen LogP contribution in [0, 0.1) is 125 Å². The van der Waals surface area contributed by atoms with Crippen LogP contribution < -0.4 is 0 Å². The van der Waals surface area contributed by atoms with Crippen LogP contribution >= 0.6 is 0 Å². The third-order valence-electron chi connectivity index (χ3n) is 26.7. The number of carbonyl (C=O) groups is 3. The van der Waals surface area contributed by atoms with E-state index < -0.39 is 17.8 Å². The Morgan fingerprint density at radius 2 is 0.267 bits per heavy atom. The summed E-state index contributed by atoms with van der Waals surface area (Å²) >= 11 is 0. The van der Waals surface area contributed by atoms with Crippen molar-refractivity contribution in [3.8, 4) is 0 Å². The van der Waals surface area contributed by atoms with Crippen LogP contribution in [0.25, 0.3) is 0 Å². The van der Waals surface area contributed by atoms with Crippen LogP contribution in [0.1, 0.15) is 256 Å². The molecule has 18 rings (SSSR count). The highest BCUT2D eigenvalue weighted by Crippen LogP contribution is 2.41. The molecule has 0 spiro atoms. The maximum absolute atomic E-state index is 14.2. The molecule has 0 radical (unpaired) electrons. The zero-order chi connectivity index (χ0) is 109. The van der Waals surface area contributed by atoms with Crippen molar-refractivity contribution in [1.29, 1.82) is 0 Å². The number of alkyl halides is 6. The van der Waals surface area contributed by atoms with E-state index in [-0.39, 0.29) is 67.0 Å². The first kappa shape index (κ1) is 116. The van der Waals surface area contributed by atoms with Gasteiger partial charge in [-0.1, -0.05) is 542 Å². The molecule has 0 heterocycles. The fraction of sp³-hybridized carbons (Fsp3) is 0.213. The predicted molar refractivity (Wildman–Crippen MR) is 617 cm³/mol. The number of hydrogen-bond donors (Lipinski definition) is 0. The average Bonchev–Trinajstić information content (AvgIpc) is 0.809. The zero-order valence-electron chi connectivity index (χ0n) is 91.6. The summed E-state index contributed by atoms with van der Waals surface area (Å²) in [4.78, 5) is 36.3. The van der Waals surface area contributed by atoms with Gasteiger partial charge in [-0.05, 0) is 194 Å². The standard InChI is InChI=1S/3C17H20.3C15H14F2.3C15H14O/c1-13-5-9-15(10-6-13)17(3,4)16-11-7-14(2)8-12-16;1-13-7-5-9-15(11-13)17(3,4)16-10-6-8-14(2)12-16;1-13-8-10-15(11-9-13)17(3,4)16-7-5-6-14(2)12-16;1-11-3-7-13(8-4-11)15(16,17)14-9-5-12(2)6-10-14;1-11-5-3-7-13(9-11)15(16,17)14-8-4-6-12(2)10-14;1-11-6-8-13(9-7-11)15(16,17)14-5-3-4-12(2)10-14;1-11-3-7-13(8-4-11)15(16)14-9-5-12(2)6-10-14;1-11-5-3-7-13(9-11)15(16)14-8-4-6-12(2)10-14;1-11-6-8-13(9-7-11)15(16)14-5-3-4-12(2)10-14/h3*5-12H,1-4H3;3*3-10H,1-2H3;3*3-10H,1-2H3. The Morgan fingerprint density at radius 1 is 0.133 bits per heavy atom. The van der Waals surface area contributed by atoms with Gasteiger partial charge in [-0.25, -0.2) is 0 Å². The topological polar surface area (TPSA) is 51.2 Å². The first-order chi connectivity index (χ1) is 71.0. The fourth-order valence-corrected chi connectivity index (χ4v) is 16.8. The van der Waals surface area contributed by atoms with E-state index >= 15 is 0 Å². The Morgan fingerprint density at radius 3 is 0.467 bits per heavy atom. The molecule has 0 saturated heterocycles. The molecule has 0 aliphatic heterocycles. The molecule has 0 bridgehead atoms. The highest BCUT2D eigenvalue weighted by Gasteiger charge is 2.37. The lowest BCUT2D eigenvalue weighted by molar-refractivity contribution is 0.0422. The maximum Gasteiger partial charge on any atom is 0.298 e. The van der Waals surface area contributed by atoms with E-state index in [1.807, 2.05) is 247 Å². The Kier molecular flexibility index (Phi) is 41.5. The SMILES string of the molecule is Cc1ccc(C(=O)c2ccc(C)cc2)cc1.Cc1ccc(C(=O)c2cccc(C)c2)cc1.Cc1ccc(C(C)(C)c2ccc(C)cc2)cc1.Cc1ccc(C(C)(C)c2cccc(C)c2)cc1.Cc1ccc(C(F)(F)c2ccc(C)cc2)cc1.Cc1ccc(C(F)(F)c2cccc(C)c2)cc1.Cc1cccc(C(=O)c2cccc(C)c2)c1.Cc1cccc(C(C)(C)c2cccc(C)c2)c1.Cc1cccc(C(F)(F)c2cccc(C)c2)c1. The minimum absolute atomic E-state index is 0.0342. The molecule has 3 nitrogen and oxygen atoms in total. The van der Waals surface area contributed by atoms with Crippen molar-refractivity contribution in [1.82, 2.24) is 0 Å². The van der Waals surface area contributed by atoms with Gasteiger partial charge in [-0.2, -0.15) is 26.3 Å². The van der Waals surface area contributed by atoms with Crippen LogP contribution in [0.4, 0.5) is 26.3 Å². The number of carbonyl (C=O) groups excluding carboxylic acids is 3. The second-order valence-electron chi connectivity index (χ2n) is 41.2. The van der Waals surface area contributed by atoms with E-state index in [2.05, 4.69) is 229 Å². The second kappa shape index (κ2) is 53.4. The summed E-state index contributed by atoms with van der Waals surface area (Å²) in [5.74, 6) is -8.53. The van der Waals surface area contributed by atoms with Gasteiger partial charge in [0.15, 0.2) is 17.3 Å². The van der Waals surface area contributed by atoms with Crippen molar-refractivity contribution in [3.05, 3.63) is 637 Å². The number of ketones is 3. The smallest absolute Gasteiger partial charge is 0.289 e. The van der Waals surface area contributed by atoms with Gasteiger partial charge in [0.25, 0.3) is 17.8 Å². The summed E-state index contributed by atoms with van der Waals surface area (Å²) in [7, 11) is 0. The minimum Gasteiger partial charge on any atom is -0.289 e. The lowest BCUT2D eigenvalue weighted by Crippen LogP contribution is -2.19. The van der Waals surface area contributed by atoms with Gasteiger partial charge in [-0.15, -0.1) is 0 Å². The van der Waals surface area contributed by atoms with E-state index in [0.29, 0.717) is 0 Å². The van der Waals surface area contributed by atoms with Gasteiger partial charge in [-0.3, -0.25) is 14.4 Å². The van der Waals surface area contributed by atoms with Crippen LogP contribution in [0.5, 0.6) is 0 Å². The molecular formula is C141H144F6O3. The van der Waals surface area contributed by atoms with Crippen LogP contribution in [0.15, 0.2) is 437 Å². The molecule has 0 unspecified atom stereocenters. The van der Waals surface area contributed by atoms with Gasteiger partial charge in [0.2, 0.25) is 0 Å². The molecule has 0 aromatic heterocycles. The lowest BCUT2D eigenvalue weighted by Gasteiger charge is -2.26. The van der Waals surface area contributed by atoms with E-state index in [4.69, 9.17) is 0 Å². The maximum atomic E-state index is 14.2. The summed E-state index contributed by atoms with van der Waals surface area (Å²) < 4.78 is 85.2. The number of aryl methyl sites for hydroxylation is 18. The molecule has 0 fully saturated rings. The van der Waals surface area contributed by atoms with Crippen molar-refractivity contribution in [2.75, 3.05) is 0 Å². The molecule has 0 aliphatic carbocycles. The molecule has 0 aliphatic rings. The molecule has 9 heteroatoms. The molecule has 0 N–H and O–H groups in total. The summed E-state index contributed by atoms with van der Waals surface area (Å²) in [6, 6.07) is 137. The van der Waals surface area contributed by atoms with E-state index in [0.717, 1.165) is 83.5 Å². The van der Waals surface area contributed by atoms with Crippen molar-refractivity contribution in [3.63, 3.8) is 0 Å². The van der Waals surface area contributed by atoms with Crippen molar-refractivity contribution >= 4 is 17.3 Å². The molecule has 0 atom stereocenters. The summed E-state index contributed by atoms with van der Waals surface area (Å²) in [5.41, 5.74) is 33.4. The minimum atomic E-state index is -2.93. The number of halogens is 6. The van der Waals surface area contributed by atoms with E-state index in [9.17, 15) is 40.7 Å². The van der Waals surface area contributed by atoms with Crippen molar-refractivity contribution < 1.29 is 40.7 Å². The molecule has 768 valence electrons. The predicted octanol–water partition coefficient (Wildman–Crippen LogP) is 37.8. The number of rotatable bonds is 18. The van der Waals surface area contributed by atoms with Gasteiger partial charge in [0.05, 0.1) is 0 Å². The molecule has 150 heavy (non-hydrogen) atoms. The van der Waals surface area contributed by atoms with Gasteiger partial charge in [0, 0.05) is 83.0 Å². The summed E-state index contributed by atoms with van der Waals surface area (Å²) in [6.07, 6.45) is 0. The summed E-state index contributed by atoms with van der Waals surface area (Å²) in [6.45, 7) is 49.6. The average molecular weight is 2000 g/mol. The number of hydrogen-bond acceptors (Lipinski definition) is 3. The van der Waals surface area contributed by atoms with Gasteiger partial charge < -0.3 is 0 Å². The molecule has 18 aromatic rings. The van der Waals surface area contributed by atoms with Crippen LogP contribution in [0.2, 0.25) is 0 Å². The Bertz CT molecular complexity index is 6830. The van der Waals surface area contributed by atoms with Gasteiger partial charge in [0.1, 0.15) is 0 Å². The lowest BCUT2D eigenvalue weighted by atomic mass is 9.77. The first-order valence-corrected chi connectivity index (χ1v) is 51.0. The van der Waals surface area contributed by atoms with Crippen LogP contribution in [0.3, 0.4) is 0 Å². The van der Waals surface area contributed by atoms with Crippen LogP contribution in [-0.2, 0) is 34.0 Å². The fourth-order valence-electron chi connectivity index (χ4n) is 16.8. The third-order valence-corrected chi connectivity index (χ3v) is 26.7. The normalized spacial score (nSPS) is 11.1.